The van der Waals surface area contributed by atoms with Crippen molar-refractivity contribution < 1.29 is 9.59 Å². The maximum Gasteiger partial charge on any atom is 0.239 e. The Morgan fingerprint density at radius 3 is 2.55 bits per heavy atom. The van der Waals surface area contributed by atoms with E-state index in [2.05, 4.69) is 17.6 Å². The van der Waals surface area contributed by atoms with Gasteiger partial charge < -0.3 is 16.4 Å². The topological polar surface area (TPSA) is 84.2 Å². The van der Waals surface area contributed by atoms with Crippen LogP contribution in [0, 0.1) is 11.8 Å². The summed E-state index contributed by atoms with van der Waals surface area (Å²) < 4.78 is 0. The first-order valence-corrected chi connectivity index (χ1v) is 7.72. The Hall–Kier alpha value is -1.10. The van der Waals surface area contributed by atoms with Crippen molar-refractivity contribution in [3.63, 3.8) is 0 Å². The predicted molar refractivity (Wildman–Crippen MR) is 80.0 cm³/mol. The standard InChI is InChI=1S/C15H29N3O2/c1-10(2)14(16)15(20)17-9-13(19)18-12-6-4-5-11(3)7-8-12/h10-12,14H,4-9,16H2,1-3H3,(H,17,20)(H,18,19)/t11?,12?,14-/m0/s1. The summed E-state index contributed by atoms with van der Waals surface area (Å²) in [6, 6.07) is -0.301. The normalized spacial score (nSPS) is 24.9. The van der Waals surface area contributed by atoms with Crippen LogP contribution in [0.1, 0.15) is 52.9 Å². The van der Waals surface area contributed by atoms with E-state index >= 15 is 0 Å². The van der Waals surface area contributed by atoms with Gasteiger partial charge in [-0.15, -0.1) is 0 Å². The number of nitrogens with one attached hydrogen (secondary N) is 2. The Bertz CT molecular complexity index is 331. The minimum absolute atomic E-state index is 0.0192. The largest absolute Gasteiger partial charge is 0.352 e. The second-order valence-corrected chi connectivity index (χ2v) is 6.37. The number of carbonyl (C=O) groups excluding carboxylic acids is 2. The lowest BCUT2D eigenvalue weighted by atomic mass is 10.0. The summed E-state index contributed by atoms with van der Waals surface area (Å²) in [5.74, 6) is 0.445. The third-order valence-electron chi connectivity index (χ3n) is 4.07. The maximum atomic E-state index is 11.8. The average molecular weight is 283 g/mol. The summed E-state index contributed by atoms with van der Waals surface area (Å²) in [4.78, 5) is 23.5. The molecule has 116 valence electrons. The maximum absolute atomic E-state index is 11.8. The van der Waals surface area contributed by atoms with Crippen LogP contribution in [0.15, 0.2) is 0 Å². The lowest BCUT2D eigenvalue weighted by Crippen LogP contribution is -2.48. The van der Waals surface area contributed by atoms with Crippen LogP contribution in [0.4, 0.5) is 0 Å². The monoisotopic (exact) mass is 283 g/mol. The summed E-state index contributed by atoms with van der Waals surface area (Å²) in [6.07, 6.45) is 5.64. The molecule has 3 atom stereocenters. The fraction of sp³-hybridized carbons (Fsp3) is 0.867. The third kappa shape index (κ3) is 5.90. The first kappa shape index (κ1) is 17.0. The highest BCUT2D eigenvalue weighted by atomic mass is 16.2. The second-order valence-electron chi connectivity index (χ2n) is 6.37. The molecule has 2 amide bonds. The first-order valence-electron chi connectivity index (χ1n) is 7.72. The van der Waals surface area contributed by atoms with Crippen LogP contribution < -0.4 is 16.4 Å². The van der Waals surface area contributed by atoms with E-state index in [0.29, 0.717) is 0 Å². The highest BCUT2D eigenvalue weighted by Gasteiger charge is 2.20. The van der Waals surface area contributed by atoms with Crippen molar-refractivity contribution in [2.45, 2.75) is 65.0 Å². The zero-order chi connectivity index (χ0) is 15.1. The van der Waals surface area contributed by atoms with E-state index in [1.165, 1.54) is 6.42 Å². The van der Waals surface area contributed by atoms with Gasteiger partial charge in [0.05, 0.1) is 12.6 Å². The van der Waals surface area contributed by atoms with E-state index in [9.17, 15) is 9.59 Å². The summed E-state index contributed by atoms with van der Waals surface area (Å²) in [5.41, 5.74) is 5.72. The lowest BCUT2D eigenvalue weighted by molar-refractivity contribution is -0.127. The van der Waals surface area contributed by atoms with E-state index < -0.39 is 6.04 Å². The highest BCUT2D eigenvalue weighted by molar-refractivity contribution is 5.87. The molecular formula is C15H29N3O2. The molecule has 5 nitrogen and oxygen atoms in total. The molecule has 20 heavy (non-hydrogen) atoms. The SMILES string of the molecule is CC1CCCC(NC(=O)CNC(=O)[C@@H](N)C(C)C)CC1. The number of amides is 2. The molecule has 2 unspecified atom stereocenters. The Kier molecular flexibility index (Phi) is 6.99. The van der Waals surface area contributed by atoms with Crippen LogP contribution in [-0.4, -0.2) is 30.4 Å². The molecule has 0 aliphatic heterocycles. The number of hydrogen-bond acceptors (Lipinski definition) is 3. The van der Waals surface area contributed by atoms with Crippen LogP contribution >= 0.6 is 0 Å². The molecule has 1 aliphatic carbocycles. The molecule has 0 saturated heterocycles. The Morgan fingerprint density at radius 1 is 1.20 bits per heavy atom. The number of nitrogens with two attached hydrogens (primary N) is 1. The molecule has 0 aromatic rings. The van der Waals surface area contributed by atoms with Gasteiger partial charge in [-0.05, 0) is 31.1 Å². The van der Waals surface area contributed by atoms with Gasteiger partial charge in [0, 0.05) is 6.04 Å². The van der Waals surface area contributed by atoms with E-state index in [-0.39, 0.29) is 30.3 Å². The van der Waals surface area contributed by atoms with E-state index in [1.54, 1.807) is 0 Å². The van der Waals surface area contributed by atoms with E-state index in [1.807, 2.05) is 13.8 Å². The molecule has 5 heteroatoms. The Morgan fingerprint density at radius 2 is 1.90 bits per heavy atom. The third-order valence-corrected chi connectivity index (χ3v) is 4.07. The molecule has 0 aromatic heterocycles. The Labute approximate surface area is 122 Å². The zero-order valence-corrected chi connectivity index (χ0v) is 12.9. The zero-order valence-electron chi connectivity index (χ0n) is 12.9. The van der Waals surface area contributed by atoms with Gasteiger partial charge >= 0.3 is 0 Å². The molecule has 0 aromatic carbocycles. The van der Waals surface area contributed by atoms with Gasteiger partial charge in [-0.25, -0.2) is 0 Å². The molecule has 1 saturated carbocycles. The summed E-state index contributed by atoms with van der Waals surface area (Å²) >= 11 is 0. The Balaban J connectivity index is 2.28. The van der Waals surface area contributed by atoms with Crippen molar-refractivity contribution in [1.82, 2.24) is 10.6 Å². The molecule has 1 rings (SSSR count). The molecule has 0 bridgehead atoms. The van der Waals surface area contributed by atoms with Crippen molar-refractivity contribution >= 4 is 11.8 Å². The van der Waals surface area contributed by atoms with Crippen LogP contribution in [0.5, 0.6) is 0 Å². The van der Waals surface area contributed by atoms with Gasteiger partial charge in [0.25, 0.3) is 0 Å². The molecule has 1 fully saturated rings. The summed E-state index contributed by atoms with van der Waals surface area (Å²) in [7, 11) is 0. The molecule has 0 radical (unpaired) electrons. The highest BCUT2D eigenvalue weighted by Crippen LogP contribution is 2.22. The van der Waals surface area contributed by atoms with Crippen LogP contribution in [-0.2, 0) is 9.59 Å². The second kappa shape index (κ2) is 8.25. The molecule has 1 aliphatic rings. The van der Waals surface area contributed by atoms with E-state index in [0.717, 1.165) is 31.6 Å². The molecule has 0 heterocycles. The van der Waals surface area contributed by atoms with Crippen LogP contribution in [0.3, 0.4) is 0 Å². The van der Waals surface area contributed by atoms with Gasteiger partial charge in [0.1, 0.15) is 0 Å². The molecule has 4 N–H and O–H groups in total. The van der Waals surface area contributed by atoms with Crippen LogP contribution in [0.2, 0.25) is 0 Å². The van der Waals surface area contributed by atoms with Gasteiger partial charge in [-0.2, -0.15) is 0 Å². The van der Waals surface area contributed by atoms with Crippen molar-refractivity contribution in [2.24, 2.45) is 17.6 Å². The minimum atomic E-state index is -0.554. The average Bonchev–Trinajstić information content (AvgIpc) is 2.60. The summed E-state index contributed by atoms with van der Waals surface area (Å²) in [5, 5.41) is 5.61. The first-order chi connectivity index (χ1) is 9.40. The van der Waals surface area contributed by atoms with Crippen LogP contribution in [0.25, 0.3) is 0 Å². The minimum Gasteiger partial charge on any atom is -0.352 e. The number of rotatable bonds is 5. The fourth-order valence-corrected chi connectivity index (χ4v) is 2.50. The lowest BCUT2D eigenvalue weighted by Gasteiger charge is -2.18. The fourth-order valence-electron chi connectivity index (χ4n) is 2.50. The number of hydrogen-bond donors (Lipinski definition) is 3. The molecule has 0 spiro atoms. The quantitative estimate of drug-likeness (QED) is 0.662. The van der Waals surface area contributed by atoms with Gasteiger partial charge in [-0.1, -0.05) is 33.6 Å². The van der Waals surface area contributed by atoms with Gasteiger partial charge in [-0.3, -0.25) is 9.59 Å². The van der Waals surface area contributed by atoms with Crippen molar-refractivity contribution in [2.75, 3.05) is 6.54 Å². The summed E-state index contributed by atoms with van der Waals surface area (Å²) in [6.45, 7) is 6.05. The van der Waals surface area contributed by atoms with Gasteiger partial charge in [0.15, 0.2) is 0 Å². The van der Waals surface area contributed by atoms with Crippen molar-refractivity contribution in [1.29, 1.82) is 0 Å². The van der Waals surface area contributed by atoms with Crippen molar-refractivity contribution in [3.05, 3.63) is 0 Å². The molecular weight excluding hydrogens is 254 g/mol. The van der Waals surface area contributed by atoms with Crippen molar-refractivity contribution in [3.8, 4) is 0 Å². The number of carbonyl (C=O) groups is 2. The van der Waals surface area contributed by atoms with E-state index in [4.69, 9.17) is 5.73 Å². The van der Waals surface area contributed by atoms with Gasteiger partial charge in [0.2, 0.25) is 11.8 Å². The predicted octanol–water partition coefficient (Wildman–Crippen LogP) is 1.17. The smallest absolute Gasteiger partial charge is 0.239 e.